The van der Waals surface area contributed by atoms with E-state index in [1.807, 2.05) is 6.92 Å². The summed E-state index contributed by atoms with van der Waals surface area (Å²) in [6.45, 7) is 7.83. The summed E-state index contributed by atoms with van der Waals surface area (Å²) < 4.78 is 5.03. The van der Waals surface area contributed by atoms with Gasteiger partial charge in [0.1, 0.15) is 0 Å². The monoisotopic (exact) mass is 397 g/mol. The third-order valence-electron chi connectivity index (χ3n) is 5.88. The summed E-state index contributed by atoms with van der Waals surface area (Å²) in [6.07, 6.45) is 23.0. The molecule has 0 N–H and O–H groups in total. The van der Waals surface area contributed by atoms with Gasteiger partial charge in [-0.1, -0.05) is 103 Å². The van der Waals surface area contributed by atoms with E-state index in [-0.39, 0.29) is 12.0 Å². The lowest BCUT2D eigenvalue weighted by molar-refractivity contribution is -0.144. The van der Waals surface area contributed by atoms with Crippen molar-refractivity contribution >= 4 is 5.97 Å². The first-order chi connectivity index (χ1) is 13.6. The predicted octanol–water partition coefficient (Wildman–Crippen LogP) is 7.52. The standard InChI is InChI=1S/C25H51NO2/c1-5-7-8-9-10-11-12-13-14-15-16-17-18-19-20-21-22-26(4)24(3)23-25(27)28-6-2/h24H,5-23H2,1-4H3. The molecule has 0 saturated carbocycles. The van der Waals surface area contributed by atoms with E-state index in [2.05, 4.69) is 25.8 Å². The van der Waals surface area contributed by atoms with Gasteiger partial charge in [-0.25, -0.2) is 0 Å². The van der Waals surface area contributed by atoms with Crippen molar-refractivity contribution in [2.45, 2.75) is 136 Å². The largest absolute Gasteiger partial charge is 0.466 e. The van der Waals surface area contributed by atoms with E-state index in [1.165, 1.54) is 103 Å². The minimum absolute atomic E-state index is 0.0752. The van der Waals surface area contributed by atoms with Crippen LogP contribution in [0.25, 0.3) is 0 Å². The summed E-state index contributed by atoms with van der Waals surface area (Å²) in [5, 5.41) is 0. The molecule has 28 heavy (non-hydrogen) atoms. The highest BCUT2D eigenvalue weighted by Crippen LogP contribution is 2.14. The van der Waals surface area contributed by atoms with Crippen LogP contribution in [0.4, 0.5) is 0 Å². The van der Waals surface area contributed by atoms with Gasteiger partial charge in [0, 0.05) is 6.04 Å². The van der Waals surface area contributed by atoms with E-state index < -0.39 is 0 Å². The minimum Gasteiger partial charge on any atom is -0.466 e. The molecule has 0 aromatic rings. The molecule has 0 bridgehead atoms. The molecule has 0 aromatic heterocycles. The van der Waals surface area contributed by atoms with Crippen LogP contribution in [0.3, 0.4) is 0 Å². The van der Waals surface area contributed by atoms with Crippen LogP contribution in [0, 0.1) is 0 Å². The maximum absolute atomic E-state index is 11.5. The van der Waals surface area contributed by atoms with Crippen molar-refractivity contribution < 1.29 is 9.53 Å². The molecule has 0 aromatic carbocycles. The van der Waals surface area contributed by atoms with Crippen molar-refractivity contribution in [3.63, 3.8) is 0 Å². The number of ether oxygens (including phenoxy) is 1. The second kappa shape index (κ2) is 21.1. The molecule has 0 aliphatic rings. The number of nitrogens with zero attached hydrogens (tertiary/aromatic N) is 1. The Hall–Kier alpha value is -0.570. The lowest BCUT2D eigenvalue weighted by atomic mass is 10.0. The maximum Gasteiger partial charge on any atom is 0.307 e. The molecule has 0 aliphatic heterocycles. The molecule has 0 amide bonds. The zero-order valence-corrected chi connectivity index (χ0v) is 19.8. The zero-order chi connectivity index (χ0) is 20.9. The highest BCUT2D eigenvalue weighted by Gasteiger charge is 2.13. The molecule has 0 spiro atoms. The lowest BCUT2D eigenvalue weighted by Gasteiger charge is -2.23. The number of carbonyl (C=O) groups excluding carboxylic acids is 1. The van der Waals surface area contributed by atoms with E-state index in [4.69, 9.17) is 4.74 Å². The summed E-state index contributed by atoms with van der Waals surface area (Å²) in [7, 11) is 2.12. The minimum atomic E-state index is -0.0752. The summed E-state index contributed by atoms with van der Waals surface area (Å²) in [5.74, 6) is -0.0752. The molecule has 1 unspecified atom stereocenters. The van der Waals surface area contributed by atoms with Crippen molar-refractivity contribution in [2.24, 2.45) is 0 Å². The van der Waals surface area contributed by atoms with Gasteiger partial charge in [0.05, 0.1) is 13.0 Å². The molecule has 168 valence electrons. The first-order valence-corrected chi connectivity index (χ1v) is 12.5. The molecule has 3 nitrogen and oxygen atoms in total. The molecule has 0 radical (unpaired) electrons. The molecule has 0 heterocycles. The first kappa shape index (κ1) is 27.4. The third-order valence-corrected chi connectivity index (χ3v) is 5.88. The lowest BCUT2D eigenvalue weighted by Crippen LogP contribution is -2.32. The summed E-state index contributed by atoms with van der Waals surface area (Å²) in [6, 6.07) is 0.274. The Kier molecular flexibility index (Phi) is 20.7. The molecule has 1 atom stereocenters. The highest BCUT2D eigenvalue weighted by molar-refractivity contribution is 5.69. The Morgan fingerprint density at radius 2 is 1.11 bits per heavy atom. The molecule has 3 heteroatoms. The van der Waals surface area contributed by atoms with Crippen LogP contribution in [0.15, 0.2) is 0 Å². The van der Waals surface area contributed by atoms with Crippen LogP contribution in [-0.2, 0) is 9.53 Å². The number of hydrogen-bond acceptors (Lipinski definition) is 3. The average Bonchev–Trinajstić information content (AvgIpc) is 2.67. The van der Waals surface area contributed by atoms with Gasteiger partial charge < -0.3 is 9.64 Å². The topological polar surface area (TPSA) is 29.5 Å². The number of unbranched alkanes of at least 4 members (excludes halogenated alkanes) is 15. The molecular formula is C25H51NO2. The first-order valence-electron chi connectivity index (χ1n) is 12.5. The Bertz CT molecular complexity index is 333. The molecule has 0 fully saturated rings. The predicted molar refractivity (Wildman–Crippen MR) is 123 cm³/mol. The Morgan fingerprint density at radius 1 is 0.714 bits per heavy atom. The normalized spacial score (nSPS) is 12.5. The van der Waals surface area contributed by atoms with Crippen molar-refractivity contribution in [3.8, 4) is 0 Å². The van der Waals surface area contributed by atoms with Gasteiger partial charge in [-0.2, -0.15) is 0 Å². The van der Waals surface area contributed by atoms with Crippen LogP contribution in [0.5, 0.6) is 0 Å². The molecule has 0 aliphatic carbocycles. The van der Waals surface area contributed by atoms with E-state index in [0.29, 0.717) is 13.0 Å². The number of rotatable bonds is 21. The van der Waals surface area contributed by atoms with E-state index >= 15 is 0 Å². The van der Waals surface area contributed by atoms with Gasteiger partial charge in [-0.3, -0.25) is 4.79 Å². The molecule has 0 saturated heterocycles. The second-order valence-corrected chi connectivity index (χ2v) is 8.64. The van der Waals surface area contributed by atoms with Crippen molar-refractivity contribution in [3.05, 3.63) is 0 Å². The fraction of sp³-hybridized carbons (Fsp3) is 0.960. The van der Waals surface area contributed by atoms with Gasteiger partial charge in [0.2, 0.25) is 0 Å². The summed E-state index contributed by atoms with van der Waals surface area (Å²) in [5.41, 5.74) is 0. The quantitative estimate of drug-likeness (QED) is 0.148. The van der Waals surface area contributed by atoms with Gasteiger partial charge in [-0.15, -0.1) is 0 Å². The number of carbonyl (C=O) groups is 1. The van der Waals surface area contributed by atoms with Gasteiger partial charge in [-0.05, 0) is 33.9 Å². The Balaban J connectivity index is 3.27. The SMILES string of the molecule is CCCCCCCCCCCCCCCCCCN(C)C(C)CC(=O)OCC. The van der Waals surface area contributed by atoms with Gasteiger partial charge in [0.25, 0.3) is 0 Å². The Labute approximate surface area is 177 Å². The van der Waals surface area contributed by atoms with Crippen molar-refractivity contribution in [1.29, 1.82) is 0 Å². The van der Waals surface area contributed by atoms with Crippen LogP contribution in [0.2, 0.25) is 0 Å². The second-order valence-electron chi connectivity index (χ2n) is 8.64. The van der Waals surface area contributed by atoms with E-state index in [1.54, 1.807) is 0 Å². The van der Waals surface area contributed by atoms with Gasteiger partial charge in [0.15, 0.2) is 0 Å². The fourth-order valence-corrected chi connectivity index (χ4v) is 3.75. The Morgan fingerprint density at radius 3 is 1.50 bits per heavy atom. The molecular weight excluding hydrogens is 346 g/mol. The summed E-state index contributed by atoms with van der Waals surface area (Å²) >= 11 is 0. The summed E-state index contributed by atoms with van der Waals surface area (Å²) in [4.78, 5) is 13.8. The average molecular weight is 398 g/mol. The van der Waals surface area contributed by atoms with Crippen molar-refractivity contribution in [2.75, 3.05) is 20.2 Å². The van der Waals surface area contributed by atoms with Crippen LogP contribution in [-0.4, -0.2) is 37.1 Å². The fourth-order valence-electron chi connectivity index (χ4n) is 3.75. The third kappa shape index (κ3) is 18.8. The van der Waals surface area contributed by atoms with Crippen LogP contribution >= 0.6 is 0 Å². The van der Waals surface area contributed by atoms with Gasteiger partial charge >= 0.3 is 5.97 Å². The van der Waals surface area contributed by atoms with Crippen LogP contribution in [0.1, 0.15) is 130 Å². The van der Waals surface area contributed by atoms with Crippen LogP contribution < -0.4 is 0 Å². The highest BCUT2D eigenvalue weighted by atomic mass is 16.5. The zero-order valence-electron chi connectivity index (χ0n) is 19.8. The molecule has 0 rings (SSSR count). The smallest absolute Gasteiger partial charge is 0.307 e. The van der Waals surface area contributed by atoms with Crippen molar-refractivity contribution in [1.82, 2.24) is 4.90 Å². The van der Waals surface area contributed by atoms with E-state index in [9.17, 15) is 4.79 Å². The maximum atomic E-state index is 11.5. The number of esters is 1. The van der Waals surface area contributed by atoms with E-state index in [0.717, 1.165) is 6.54 Å². The number of hydrogen-bond donors (Lipinski definition) is 0.